The molecule has 0 fully saturated rings. The van der Waals surface area contributed by atoms with Crippen LogP contribution < -0.4 is 0 Å². The first kappa shape index (κ1) is 11.6. The van der Waals surface area contributed by atoms with Gasteiger partial charge in [0.15, 0.2) is 0 Å². The van der Waals surface area contributed by atoms with Crippen molar-refractivity contribution in [3.8, 4) is 0 Å². The van der Waals surface area contributed by atoms with Gasteiger partial charge >= 0.3 is 5.97 Å². The van der Waals surface area contributed by atoms with E-state index in [1.54, 1.807) is 32.0 Å². The van der Waals surface area contributed by atoms with Gasteiger partial charge in [0.2, 0.25) is 0 Å². The Morgan fingerprint density at radius 1 is 1.47 bits per heavy atom. The number of nitrogens with one attached hydrogen (secondary N) is 1. The zero-order chi connectivity index (χ0) is 12.6. The first-order chi connectivity index (χ1) is 7.90. The number of hydrogen-bond donors (Lipinski definition) is 2. The molecule has 1 aromatic carbocycles. The van der Waals surface area contributed by atoms with Crippen LogP contribution in [0.4, 0.5) is 4.39 Å². The molecule has 0 saturated heterocycles. The van der Waals surface area contributed by atoms with E-state index in [0.29, 0.717) is 17.3 Å². The van der Waals surface area contributed by atoms with Crippen LogP contribution in [0.5, 0.6) is 0 Å². The highest BCUT2D eigenvalue weighted by Crippen LogP contribution is 2.25. The predicted molar refractivity (Wildman–Crippen MR) is 63.4 cm³/mol. The fourth-order valence-corrected chi connectivity index (χ4v) is 1.82. The number of H-pyrrole nitrogens is 1. The standard InChI is InChI=1S/C13H14FNO2/c1-13(2,12(16)17)7-8-6-9-10(14)4-3-5-11(9)15-8/h3-6,15H,7H2,1-2H3,(H,16,17). The molecule has 1 heterocycles. The zero-order valence-corrected chi connectivity index (χ0v) is 9.75. The highest BCUT2D eigenvalue weighted by atomic mass is 19.1. The van der Waals surface area contributed by atoms with Gasteiger partial charge in [-0.3, -0.25) is 4.79 Å². The summed E-state index contributed by atoms with van der Waals surface area (Å²) in [4.78, 5) is 14.1. The Morgan fingerprint density at radius 2 is 2.18 bits per heavy atom. The number of aromatic nitrogens is 1. The minimum atomic E-state index is -0.864. The lowest BCUT2D eigenvalue weighted by Crippen LogP contribution is -2.26. The molecule has 90 valence electrons. The van der Waals surface area contributed by atoms with Gasteiger partial charge in [0.05, 0.1) is 5.41 Å². The molecule has 17 heavy (non-hydrogen) atoms. The molecular weight excluding hydrogens is 221 g/mol. The van der Waals surface area contributed by atoms with Gasteiger partial charge in [-0.15, -0.1) is 0 Å². The van der Waals surface area contributed by atoms with Crippen LogP contribution in [0, 0.1) is 11.2 Å². The van der Waals surface area contributed by atoms with Crippen LogP contribution in [0.2, 0.25) is 0 Å². The molecular formula is C13H14FNO2. The van der Waals surface area contributed by atoms with Gasteiger partial charge in [0.1, 0.15) is 5.82 Å². The maximum absolute atomic E-state index is 13.5. The number of carboxylic acid groups (broad SMARTS) is 1. The number of aliphatic carboxylic acids is 1. The summed E-state index contributed by atoms with van der Waals surface area (Å²) in [5, 5.41) is 9.55. The molecule has 3 nitrogen and oxygen atoms in total. The van der Waals surface area contributed by atoms with Crippen LogP contribution in [0.1, 0.15) is 19.5 Å². The molecule has 0 aliphatic carbocycles. The van der Waals surface area contributed by atoms with Crippen LogP contribution in [0.3, 0.4) is 0 Å². The third kappa shape index (κ3) is 2.16. The number of fused-ring (bicyclic) bond motifs is 1. The molecule has 4 heteroatoms. The second-order valence-corrected chi connectivity index (χ2v) is 4.86. The lowest BCUT2D eigenvalue weighted by Gasteiger charge is -2.17. The van der Waals surface area contributed by atoms with E-state index in [2.05, 4.69) is 4.98 Å². The van der Waals surface area contributed by atoms with Crippen molar-refractivity contribution in [3.63, 3.8) is 0 Å². The smallest absolute Gasteiger partial charge is 0.309 e. The molecule has 0 atom stereocenters. The van der Waals surface area contributed by atoms with E-state index in [-0.39, 0.29) is 5.82 Å². The van der Waals surface area contributed by atoms with Crippen molar-refractivity contribution in [1.82, 2.24) is 4.98 Å². The van der Waals surface area contributed by atoms with Gasteiger partial charge in [-0.25, -0.2) is 4.39 Å². The first-order valence-corrected chi connectivity index (χ1v) is 5.40. The van der Waals surface area contributed by atoms with Crippen LogP contribution in [0.15, 0.2) is 24.3 Å². The van der Waals surface area contributed by atoms with Crippen molar-refractivity contribution in [2.75, 3.05) is 0 Å². The first-order valence-electron chi connectivity index (χ1n) is 5.40. The molecule has 2 rings (SSSR count). The van der Waals surface area contributed by atoms with Crippen molar-refractivity contribution in [2.24, 2.45) is 5.41 Å². The van der Waals surface area contributed by atoms with Crippen LogP contribution in [-0.4, -0.2) is 16.1 Å². The van der Waals surface area contributed by atoms with Gasteiger partial charge in [-0.05, 0) is 32.0 Å². The fraction of sp³-hybridized carbons (Fsp3) is 0.308. The lowest BCUT2D eigenvalue weighted by molar-refractivity contribution is -0.146. The molecule has 0 bridgehead atoms. The Labute approximate surface area is 98.3 Å². The second-order valence-electron chi connectivity index (χ2n) is 4.86. The monoisotopic (exact) mass is 235 g/mol. The minimum Gasteiger partial charge on any atom is -0.481 e. The maximum atomic E-state index is 13.5. The zero-order valence-electron chi connectivity index (χ0n) is 9.75. The molecule has 0 aliphatic heterocycles. The summed E-state index contributed by atoms with van der Waals surface area (Å²) >= 11 is 0. The lowest BCUT2D eigenvalue weighted by atomic mass is 9.88. The normalized spacial score (nSPS) is 11.9. The van der Waals surface area contributed by atoms with Crippen molar-refractivity contribution >= 4 is 16.9 Å². The largest absolute Gasteiger partial charge is 0.481 e. The van der Waals surface area contributed by atoms with Crippen molar-refractivity contribution in [3.05, 3.63) is 35.8 Å². The van der Waals surface area contributed by atoms with Crippen molar-refractivity contribution in [1.29, 1.82) is 0 Å². The number of halogens is 1. The van der Waals surface area contributed by atoms with Gasteiger partial charge in [0.25, 0.3) is 0 Å². The number of carbonyl (C=O) groups is 1. The van der Waals surface area contributed by atoms with Gasteiger partial charge in [0, 0.05) is 23.0 Å². The Hall–Kier alpha value is -1.84. The molecule has 0 saturated carbocycles. The number of aromatic amines is 1. The van der Waals surface area contributed by atoms with E-state index in [1.807, 2.05) is 0 Å². The maximum Gasteiger partial charge on any atom is 0.309 e. The van der Waals surface area contributed by atoms with E-state index >= 15 is 0 Å². The summed E-state index contributed by atoms with van der Waals surface area (Å²) in [7, 11) is 0. The summed E-state index contributed by atoms with van der Waals surface area (Å²) in [5.74, 6) is -1.16. The van der Waals surface area contributed by atoms with Gasteiger partial charge in [-0.2, -0.15) is 0 Å². The van der Waals surface area contributed by atoms with E-state index < -0.39 is 11.4 Å². The number of benzene rings is 1. The van der Waals surface area contributed by atoms with Crippen LogP contribution >= 0.6 is 0 Å². The van der Waals surface area contributed by atoms with Gasteiger partial charge < -0.3 is 10.1 Å². The highest BCUT2D eigenvalue weighted by molar-refractivity contribution is 5.81. The number of carboxylic acids is 1. The third-order valence-electron chi connectivity index (χ3n) is 2.88. The fourth-order valence-electron chi connectivity index (χ4n) is 1.82. The summed E-state index contributed by atoms with van der Waals surface area (Å²) < 4.78 is 13.5. The minimum absolute atomic E-state index is 0.293. The van der Waals surface area contributed by atoms with Crippen LogP contribution in [-0.2, 0) is 11.2 Å². The Balaban J connectivity index is 2.38. The highest BCUT2D eigenvalue weighted by Gasteiger charge is 2.28. The Morgan fingerprint density at radius 3 is 2.76 bits per heavy atom. The predicted octanol–water partition coefficient (Wildman–Crippen LogP) is 2.96. The van der Waals surface area contributed by atoms with E-state index in [1.165, 1.54) is 6.07 Å². The summed E-state index contributed by atoms with van der Waals surface area (Å²) in [6.45, 7) is 3.30. The van der Waals surface area contributed by atoms with Gasteiger partial charge in [-0.1, -0.05) is 6.07 Å². The van der Waals surface area contributed by atoms with E-state index in [9.17, 15) is 9.18 Å². The SMILES string of the molecule is CC(C)(Cc1cc2c(F)cccc2[nH]1)C(=O)O. The summed E-state index contributed by atoms with van der Waals surface area (Å²) in [5.41, 5.74) is 0.566. The van der Waals surface area contributed by atoms with E-state index in [0.717, 1.165) is 5.69 Å². The third-order valence-corrected chi connectivity index (χ3v) is 2.88. The average molecular weight is 235 g/mol. The molecule has 0 unspecified atom stereocenters. The molecule has 0 spiro atoms. The molecule has 0 amide bonds. The quantitative estimate of drug-likeness (QED) is 0.859. The molecule has 2 N–H and O–H groups in total. The molecule has 0 radical (unpaired) electrons. The van der Waals surface area contributed by atoms with E-state index in [4.69, 9.17) is 5.11 Å². The summed E-state index contributed by atoms with van der Waals surface area (Å²) in [6.07, 6.45) is 0.344. The summed E-state index contributed by atoms with van der Waals surface area (Å²) in [6, 6.07) is 6.47. The number of rotatable bonds is 3. The second kappa shape index (κ2) is 3.87. The topological polar surface area (TPSA) is 53.1 Å². The van der Waals surface area contributed by atoms with Crippen molar-refractivity contribution < 1.29 is 14.3 Å². The molecule has 1 aromatic heterocycles. The van der Waals surface area contributed by atoms with Crippen molar-refractivity contribution in [2.45, 2.75) is 20.3 Å². The average Bonchev–Trinajstić information content (AvgIpc) is 2.60. The number of hydrogen-bond acceptors (Lipinski definition) is 1. The van der Waals surface area contributed by atoms with Crippen LogP contribution in [0.25, 0.3) is 10.9 Å². The molecule has 0 aliphatic rings. The molecule has 2 aromatic rings. The Kier molecular flexibility index (Phi) is 2.65. The Bertz CT molecular complexity index is 572.